The Morgan fingerprint density at radius 2 is 1.29 bits per heavy atom. The minimum Gasteiger partial charge on any atom is -0.435 e. The van der Waals surface area contributed by atoms with Gasteiger partial charge >= 0.3 is 8.53 Å². The highest BCUT2D eigenvalue weighted by molar-refractivity contribution is 7.45. The normalized spacial score (nSPS) is 19.9. The average Bonchev–Trinajstić information content (AvgIpc) is 3.17. The van der Waals surface area contributed by atoms with Crippen molar-refractivity contribution in [1.29, 1.82) is 0 Å². The second-order valence-corrected chi connectivity index (χ2v) is 12.8. The van der Waals surface area contributed by atoms with E-state index in [0.29, 0.717) is 0 Å². The predicted octanol–water partition coefficient (Wildman–Crippen LogP) is 10.7. The van der Waals surface area contributed by atoms with E-state index in [2.05, 4.69) is 143 Å². The van der Waals surface area contributed by atoms with Gasteiger partial charge in [0, 0.05) is 23.6 Å². The van der Waals surface area contributed by atoms with E-state index in [1.165, 1.54) is 38.9 Å². The standard InChI is InChI=1S/C38H46NO2P/c1-7-18-34-31(9-3)25-26-36-38(34)37(35-24-17-16-19-30(35)8-2)29(6)40-42(41-36)39(27(4)32-20-12-10-13-21-32)28(5)33-22-14-11-15-23-33/h10-17,19-29,37H,7-9,18H2,1-6H3/t27-,28-,29-,37-,42?/m1/s1. The number of hydrogen-bond donors (Lipinski definition) is 0. The van der Waals surface area contributed by atoms with Crippen LogP contribution in [0.25, 0.3) is 0 Å². The molecule has 0 spiro atoms. The van der Waals surface area contributed by atoms with Crippen molar-refractivity contribution in [1.82, 2.24) is 4.67 Å². The van der Waals surface area contributed by atoms with Crippen molar-refractivity contribution in [3.05, 3.63) is 136 Å². The van der Waals surface area contributed by atoms with Crippen LogP contribution in [0.3, 0.4) is 0 Å². The van der Waals surface area contributed by atoms with Crippen molar-refractivity contribution < 1.29 is 9.05 Å². The molecule has 5 atom stereocenters. The number of benzene rings is 4. The molecule has 1 aliphatic heterocycles. The monoisotopic (exact) mass is 579 g/mol. The number of aryl methyl sites for hydroxylation is 2. The zero-order valence-corrected chi connectivity index (χ0v) is 27.0. The molecule has 0 amide bonds. The van der Waals surface area contributed by atoms with E-state index in [1.807, 2.05) is 0 Å². The molecule has 4 aromatic rings. The van der Waals surface area contributed by atoms with Gasteiger partial charge < -0.3 is 9.05 Å². The first-order valence-electron chi connectivity index (χ1n) is 15.7. The van der Waals surface area contributed by atoms with Crippen molar-refractivity contribution >= 4 is 8.53 Å². The SMILES string of the molecule is CCCc1c(CC)ccc2c1[C@@H](c1ccccc1CC)[C@@H](C)OP(N([C@H](C)c1ccccc1)[C@H](C)c1ccccc1)O2. The summed E-state index contributed by atoms with van der Waals surface area (Å²) < 4.78 is 16.8. The third kappa shape index (κ3) is 6.20. The Kier molecular flexibility index (Phi) is 10.2. The molecule has 42 heavy (non-hydrogen) atoms. The van der Waals surface area contributed by atoms with E-state index in [4.69, 9.17) is 9.05 Å². The average molecular weight is 580 g/mol. The van der Waals surface area contributed by atoms with Crippen LogP contribution in [-0.4, -0.2) is 10.8 Å². The van der Waals surface area contributed by atoms with Gasteiger partial charge in [0.25, 0.3) is 0 Å². The quantitative estimate of drug-likeness (QED) is 0.174. The van der Waals surface area contributed by atoms with Gasteiger partial charge in [0.15, 0.2) is 0 Å². The van der Waals surface area contributed by atoms with Crippen molar-refractivity contribution in [3.8, 4) is 5.75 Å². The molecule has 5 rings (SSSR count). The minimum atomic E-state index is -1.45. The lowest BCUT2D eigenvalue weighted by molar-refractivity contribution is 0.161. The van der Waals surface area contributed by atoms with Crippen LogP contribution in [0.15, 0.2) is 97.1 Å². The highest BCUT2D eigenvalue weighted by Gasteiger charge is 2.42. The molecule has 0 fully saturated rings. The third-order valence-corrected chi connectivity index (χ3v) is 10.8. The summed E-state index contributed by atoms with van der Waals surface area (Å²) in [5.41, 5.74) is 9.45. The van der Waals surface area contributed by atoms with Crippen LogP contribution in [-0.2, 0) is 23.8 Å². The maximum Gasteiger partial charge on any atom is 0.322 e. The summed E-state index contributed by atoms with van der Waals surface area (Å²) in [5.74, 6) is 1.07. The lowest BCUT2D eigenvalue weighted by atomic mass is 9.79. The number of rotatable bonds is 10. The Hall–Kier alpha value is -2.97. The van der Waals surface area contributed by atoms with Crippen LogP contribution in [0.1, 0.15) is 105 Å². The smallest absolute Gasteiger partial charge is 0.322 e. The Morgan fingerprint density at radius 3 is 1.86 bits per heavy atom. The van der Waals surface area contributed by atoms with E-state index in [9.17, 15) is 0 Å². The molecule has 0 N–H and O–H groups in total. The molecule has 0 aromatic heterocycles. The van der Waals surface area contributed by atoms with Gasteiger partial charge in [-0.3, -0.25) is 0 Å². The predicted molar refractivity (Wildman–Crippen MR) is 177 cm³/mol. The topological polar surface area (TPSA) is 21.7 Å². The zero-order valence-electron chi connectivity index (χ0n) is 26.1. The molecule has 0 bridgehead atoms. The van der Waals surface area contributed by atoms with Crippen molar-refractivity contribution in [2.45, 2.75) is 91.3 Å². The number of nitrogens with zero attached hydrogens (tertiary/aromatic N) is 1. The van der Waals surface area contributed by atoms with Crippen LogP contribution in [0.4, 0.5) is 0 Å². The lowest BCUT2D eigenvalue weighted by Gasteiger charge is -2.39. The second kappa shape index (κ2) is 14.0. The molecule has 3 nitrogen and oxygen atoms in total. The highest BCUT2D eigenvalue weighted by atomic mass is 31.2. The lowest BCUT2D eigenvalue weighted by Crippen LogP contribution is -2.29. The molecule has 1 unspecified atom stereocenters. The van der Waals surface area contributed by atoms with Gasteiger partial charge in [-0.1, -0.05) is 118 Å². The fraction of sp³-hybridized carbons (Fsp3) is 0.368. The van der Waals surface area contributed by atoms with E-state index < -0.39 is 8.53 Å². The van der Waals surface area contributed by atoms with Crippen LogP contribution in [0, 0.1) is 0 Å². The van der Waals surface area contributed by atoms with E-state index in [-0.39, 0.29) is 24.1 Å². The first-order chi connectivity index (χ1) is 20.5. The molecular formula is C38H46NO2P. The van der Waals surface area contributed by atoms with Gasteiger partial charge in [0.2, 0.25) is 0 Å². The molecular weight excluding hydrogens is 533 g/mol. The van der Waals surface area contributed by atoms with Crippen LogP contribution in [0.2, 0.25) is 0 Å². The van der Waals surface area contributed by atoms with Crippen molar-refractivity contribution in [2.24, 2.45) is 0 Å². The summed E-state index contributed by atoms with van der Waals surface area (Å²) in [4.78, 5) is 0. The fourth-order valence-electron chi connectivity index (χ4n) is 6.59. The summed E-state index contributed by atoms with van der Waals surface area (Å²) in [7, 11) is -1.45. The Labute approximate surface area is 254 Å². The molecule has 4 aromatic carbocycles. The van der Waals surface area contributed by atoms with Gasteiger partial charge in [-0.15, -0.1) is 0 Å². The fourth-order valence-corrected chi connectivity index (χ4v) is 8.40. The third-order valence-electron chi connectivity index (χ3n) is 8.83. The van der Waals surface area contributed by atoms with Crippen LogP contribution >= 0.6 is 8.53 Å². The molecule has 0 saturated heterocycles. The number of hydrogen-bond acceptors (Lipinski definition) is 3. The summed E-state index contributed by atoms with van der Waals surface area (Å²) in [6.45, 7) is 13.6. The van der Waals surface area contributed by atoms with Gasteiger partial charge in [-0.2, -0.15) is 0 Å². The van der Waals surface area contributed by atoms with E-state index >= 15 is 0 Å². The molecule has 0 saturated carbocycles. The van der Waals surface area contributed by atoms with Gasteiger partial charge in [0.05, 0.1) is 6.10 Å². The molecule has 220 valence electrons. The largest absolute Gasteiger partial charge is 0.435 e. The van der Waals surface area contributed by atoms with Crippen molar-refractivity contribution in [2.75, 3.05) is 0 Å². The summed E-state index contributed by atoms with van der Waals surface area (Å²) in [6, 6.07) is 35.2. The molecule has 0 aliphatic carbocycles. The minimum absolute atomic E-state index is 0.0683. The van der Waals surface area contributed by atoms with Crippen molar-refractivity contribution in [3.63, 3.8) is 0 Å². The van der Waals surface area contributed by atoms with Crippen LogP contribution < -0.4 is 4.52 Å². The maximum atomic E-state index is 7.18. The Morgan fingerprint density at radius 1 is 0.714 bits per heavy atom. The van der Waals surface area contributed by atoms with Crippen LogP contribution in [0.5, 0.6) is 5.75 Å². The first-order valence-corrected chi connectivity index (χ1v) is 16.9. The van der Waals surface area contributed by atoms with E-state index in [1.54, 1.807) is 0 Å². The summed E-state index contributed by atoms with van der Waals surface area (Å²) in [5, 5.41) is 0. The number of fused-ring (bicyclic) bond motifs is 1. The molecule has 0 radical (unpaired) electrons. The Balaban J connectivity index is 1.69. The second-order valence-electron chi connectivity index (χ2n) is 11.4. The molecule has 4 heteroatoms. The van der Waals surface area contributed by atoms with Gasteiger partial charge in [-0.25, -0.2) is 4.67 Å². The zero-order chi connectivity index (χ0) is 29.6. The summed E-state index contributed by atoms with van der Waals surface area (Å²) >= 11 is 0. The summed E-state index contributed by atoms with van der Waals surface area (Å²) in [6.07, 6.45) is 4.06. The highest BCUT2D eigenvalue weighted by Crippen LogP contribution is 2.59. The van der Waals surface area contributed by atoms with Gasteiger partial charge in [0.1, 0.15) is 5.75 Å². The van der Waals surface area contributed by atoms with E-state index in [0.717, 1.165) is 31.4 Å². The molecule has 1 aliphatic rings. The maximum absolute atomic E-state index is 7.18. The van der Waals surface area contributed by atoms with Gasteiger partial charge in [-0.05, 0) is 79.5 Å². The first kappa shape index (κ1) is 30.5. The Bertz CT molecular complexity index is 1390. The molecule has 1 heterocycles.